The van der Waals surface area contributed by atoms with Crippen molar-refractivity contribution < 1.29 is 12.8 Å². The first-order valence-electron chi connectivity index (χ1n) is 7.39. The molecule has 3 rings (SSSR count). The van der Waals surface area contributed by atoms with Crippen LogP contribution in [0.15, 0.2) is 35.5 Å². The molecule has 2 heterocycles. The zero-order valence-corrected chi connectivity index (χ0v) is 13.8. The number of nitrogens with one attached hydrogen (secondary N) is 1. The third kappa shape index (κ3) is 3.01. The molecule has 0 spiro atoms. The highest BCUT2D eigenvalue weighted by molar-refractivity contribution is 7.89. The Labute approximate surface area is 135 Å². The van der Waals surface area contributed by atoms with E-state index in [0.29, 0.717) is 6.54 Å². The molecule has 23 heavy (non-hydrogen) atoms. The Morgan fingerprint density at radius 3 is 2.78 bits per heavy atom. The van der Waals surface area contributed by atoms with Gasteiger partial charge in [0.05, 0.1) is 11.1 Å². The maximum Gasteiger partial charge on any atom is 0.243 e. The van der Waals surface area contributed by atoms with Crippen molar-refractivity contribution in [1.82, 2.24) is 19.4 Å². The van der Waals surface area contributed by atoms with Crippen LogP contribution in [0.5, 0.6) is 0 Å². The van der Waals surface area contributed by atoms with Gasteiger partial charge in [-0.05, 0) is 43.7 Å². The van der Waals surface area contributed by atoms with Gasteiger partial charge in [0.2, 0.25) is 10.0 Å². The topological polar surface area (TPSA) is 67.2 Å². The minimum absolute atomic E-state index is 0.0444. The molecule has 0 amide bonds. The van der Waals surface area contributed by atoms with Gasteiger partial charge in [-0.2, -0.15) is 9.40 Å². The van der Waals surface area contributed by atoms with Gasteiger partial charge in [-0.1, -0.05) is 0 Å². The van der Waals surface area contributed by atoms with Crippen LogP contribution in [0.1, 0.15) is 12.0 Å². The maximum absolute atomic E-state index is 14.4. The Morgan fingerprint density at radius 1 is 1.43 bits per heavy atom. The summed E-state index contributed by atoms with van der Waals surface area (Å²) in [5.74, 6) is -0.618. The number of rotatable bonds is 4. The number of aryl methyl sites for hydroxylation is 1. The van der Waals surface area contributed by atoms with Gasteiger partial charge in [0, 0.05) is 25.8 Å². The van der Waals surface area contributed by atoms with Crippen LogP contribution in [-0.2, 0) is 10.0 Å². The van der Waals surface area contributed by atoms with E-state index in [-0.39, 0.29) is 16.6 Å². The van der Waals surface area contributed by atoms with E-state index in [1.165, 1.54) is 28.2 Å². The van der Waals surface area contributed by atoms with Crippen molar-refractivity contribution in [3.05, 3.63) is 42.0 Å². The second kappa shape index (κ2) is 6.03. The molecule has 1 aromatic heterocycles. The smallest absolute Gasteiger partial charge is 0.243 e. The van der Waals surface area contributed by atoms with E-state index < -0.39 is 15.8 Å². The fraction of sp³-hybridized carbons (Fsp3) is 0.400. The SMILES string of the molecule is Cc1cnn(-c2ccc(S(=O)(=O)N(C)C3CCNC3)cc2F)c1. The first-order valence-corrected chi connectivity index (χ1v) is 8.83. The number of halogens is 1. The normalized spacial score (nSPS) is 18.7. The van der Waals surface area contributed by atoms with E-state index in [1.807, 2.05) is 6.92 Å². The summed E-state index contributed by atoms with van der Waals surface area (Å²) in [5, 5.41) is 7.17. The van der Waals surface area contributed by atoms with Crippen molar-refractivity contribution in [1.29, 1.82) is 0 Å². The van der Waals surface area contributed by atoms with Crippen molar-refractivity contribution in [2.45, 2.75) is 24.3 Å². The van der Waals surface area contributed by atoms with Crippen molar-refractivity contribution in [2.24, 2.45) is 0 Å². The molecule has 1 aliphatic rings. The Morgan fingerprint density at radius 2 is 2.22 bits per heavy atom. The summed E-state index contributed by atoms with van der Waals surface area (Å²) in [6, 6.07) is 3.82. The molecule has 0 aliphatic carbocycles. The van der Waals surface area contributed by atoms with Crippen LogP contribution < -0.4 is 5.32 Å². The van der Waals surface area contributed by atoms with Crippen LogP contribution in [0.25, 0.3) is 5.69 Å². The van der Waals surface area contributed by atoms with Gasteiger partial charge in [0.15, 0.2) is 0 Å². The summed E-state index contributed by atoms with van der Waals surface area (Å²) in [6.45, 7) is 3.25. The van der Waals surface area contributed by atoms with Crippen molar-refractivity contribution in [3.63, 3.8) is 0 Å². The molecule has 1 atom stereocenters. The molecule has 1 unspecified atom stereocenters. The number of likely N-dealkylation sites (N-methyl/N-ethyl adjacent to an activating group) is 1. The lowest BCUT2D eigenvalue weighted by molar-refractivity contribution is 0.387. The fourth-order valence-electron chi connectivity index (χ4n) is 2.69. The molecule has 6 nitrogen and oxygen atoms in total. The summed E-state index contributed by atoms with van der Waals surface area (Å²) < 4.78 is 42.3. The predicted octanol–water partition coefficient (Wildman–Crippen LogP) is 1.30. The van der Waals surface area contributed by atoms with Crippen LogP contribution in [0, 0.1) is 12.7 Å². The van der Waals surface area contributed by atoms with E-state index >= 15 is 0 Å². The van der Waals surface area contributed by atoms with E-state index in [4.69, 9.17) is 0 Å². The van der Waals surface area contributed by atoms with Crippen molar-refractivity contribution in [2.75, 3.05) is 20.1 Å². The largest absolute Gasteiger partial charge is 0.315 e. The van der Waals surface area contributed by atoms with Crippen LogP contribution in [0.2, 0.25) is 0 Å². The molecule has 8 heteroatoms. The number of benzene rings is 1. The second-order valence-electron chi connectivity index (χ2n) is 5.74. The van der Waals surface area contributed by atoms with Crippen molar-refractivity contribution in [3.8, 4) is 5.69 Å². The average Bonchev–Trinajstić information content (AvgIpc) is 3.17. The molecular formula is C15H19FN4O2S. The van der Waals surface area contributed by atoms with Gasteiger partial charge in [-0.15, -0.1) is 0 Å². The highest BCUT2D eigenvalue weighted by Crippen LogP contribution is 2.23. The summed E-state index contributed by atoms with van der Waals surface area (Å²) in [6.07, 6.45) is 4.05. The zero-order chi connectivity index (χ0) is 16.6. The average molecular weight is 338 g/mol. The fourth-order valence-corrected chi connectivity index (χ4v) is 4.09. The van der Waals surface area contributed by atoms with E-state index in [1.54, 1.807) is 12.4 Å². The third-order valence-corrected chi connectivity index (χ3v) is 6.01. The molecule has 1 aromatic carbocycles. The predicted molar refractivity (Wildman–Crippen MR) is 84.5 cm³/mol. The first-order chi connectivity index (χ1) is 10.9. The van der Waals surface area contributed by atoms with Gasteiger partial charge in [0.1, 0.15) is 11.5 Å². The highest BCUT2D eigenvalue weighted by atomic mass is 32.2. The van der Waals surface area contributed by atoms with Gasteiger partial charge in [0.25, 0.3) is 0 Å². The summed E-state index contributed by atoms with van der Waals surface area (Å²) >= 11 is 0. The molecular weight excluding hydrogens is 319 g/mol. The monoisotopic (exact) mass is 338 g/mol. The molecule has 0 bridgehead atoms. The Kier molecular flexibility index (Phi) is 4.22. The standard InChI is InChI=1S/C15H19FN4O2S/c1-11-8-18-20(10-11)15-4-3-13(7-14(15)16)23(21,22)19(2)12-5-6-17-9-12/h3-4,7-8,10,12,17H,5-6,9H2,1-2H3. The summed E-state index contributed by atoms with van der Waals surface area (Å²) in [7, 11) is -2.18. The van der Waals surface area contributed by atoms with Crippen LogP contribution in [0.3, 0.4) is 0 Å². The number of hydrogen-bond donors (Lipinski definition) is 1. The Balaban J connectivity index is 1.93. The summed E-state index contributed by atoms with van der Waals surface area (Å²) in [4.78, 5) is -0.0444. The van der Waals surface area contributed by atoms with Gasteiger partial charge >= 0.3 is 0 Å². The number of hydrogen-bond acceptors (Lipinski definition) is 4. The quantitative estimate of drug-likeness (QED) is 0.913. The maximum atomic E-state index is 14.4. The van der Waals surface area contributed by atoms with E-state index in [9.17, 15) is 12.8 Å². The van der Waals surface area contributed by atoms with E-state index in [0.717, 1.165) is 24.6 Å². The molecule has 1 aliphatic heterocycles. The van der Waals surface area contributed by atoms with Crippen molar-refractivity contribution >= 4 is 10.0 Å². The lowest BCUT2D eigenvalue weighted by Gasteiger charge is -2.23. The highest BCUT2D eigenvalue weighted by Gasteiger charge is 2.30. The number of nitrogens with zero attached hydrogens (tertiary/aromatic N) is 3. The zero-order valence-electron chi connectivity index (χ0n) is 13.0. The van der Waals surface area contributed by atoms with Crippen LogP contribution in [0.4, 0.5) is 4.39 Å². The molecule has 1 N–H and O–H groups in total. The Bertz CT molecular complexity index is 813. The summed E-state index contributed by atoms with van der Waals surface area (Å²) in [5.41, 5.74) is 1.12. The molecule has 0 saturated carbocycles. The van der Waals surface area contributed by atoms with Crippen LogP contribution in [-0.4, -0.2) is 48.7 Å². The third-order valence-electron chi connectivity index (χ3n) is 4.10. The first kappa shape index (κ1) is 16.1. The van der Waals surface area contributed by atoms with E-state index in [2.05, 4.69) is 10.4 Å². The minimum atomic E-state index is -3.71. The van der Waals surface area contributed by atoms with Gasteiger partial charge in [-0.3, -0.25) is 0 Å². The molecule has 1 fully saturated rings. The molecule has 2 aromatic rings. The van der Waals surface area contributed by atoms with Gasteiger partial charge in [-0.25, -0.2) is 17.5 Å². The minimum Gasteiger partial charge on any atom is -0.315 e. The number of sulfonamides is 1. The number of aromatic nitrogens is 2. The lowest BCUT2D eigenvalue weighted by Crippen LogP contribution is -2.38. The molecule has 0 radical (unpaired) electrons. The second-order valence-corrected chi connectivity index (χ2v) is 7.74. The molecule has 124 valence electrons. The lowest BCUT2D eigenvalue weighted by atomic mass is 10.3. The molecule has 1 saturated heterocycles. The van der Waals surface area contributed by atoms with Gasteiger partial charge < -0.3 is 5.32 Å². The van der Waals surface area contributed by atoms with Crippen LogP contribution >= 0.6 is 0 Å². The Hall–Kier alpha value is -1.77.